The minimum atomic E-state index is -0.303. The highest BCUT2D eigenvalue weighted by molar-refractivity contribution is 6.10. The molecule has 0 radical (unpaired) electrons. The summed E-state index contributed by atoms with van der Waals surface area (Å²) in [5.74, 6) is 0.209. The number of piperidine rings is 1. The Balaban J connectivity index is 1.56. The van der Waals surface area contributed by atoms with Gasteiger partial charge in [-0.15, -0.1) is 0 Å². The van der Waals surface area contributed by atoms with Gasteiger partial charge in [-0.1, -0.05) is 30.3 Å². The van der Waals surface area contributed by atoms with Crippen LogP contribution >= 0.6 is 0 Å². The normalized spacial score (nSPS) is 20.4. The Kier molecular flexibility index (Phi) is 4.24. The molecule has 29 heavy (non-hydrogen) atoms. The first-order valence-electron chi connectivity index (χ1n) is 9.86. The maximum atomic E-state index is 14.5. The van der Waals surface area contributed by atoms with Crippen LogP contribution in [0, 0.1) is 19.7 Å². The molecule has 1 N–H and O–H groups in total. The second kappa shape index (κ2) is 6.81. The highest BCUT2D eigenvalue weighted by Gasteiger charge is 2.40. The van der Waals surface area contributed by atoms with Crippen molar-refractivity contribution in [2.45, 2.75) is 32.5 Å². The van der Waals surface area contributed by atoms with E-state index in [0.717, 1.165) is 22.8 Å². The third-order valence-corrected chi connectivity index (χ3v) is 5.84. The van der Waals surface area contributed by atoms with Crippen molar-refractivity contribution in [3.8, 4) is 0 Å². The van der Waals surface area contributed by atoms with Gasteiger partial charge in [0.15, 0.2) is 0 Å². The summed E-state index contributed by atoms with van der Waals surface area (Å²) in [6.45, 7) is 4.95. The number of benzene rings is 2. The highest BCUT2D eigenvalue weighted by Crippen LogP contribution is 2.33. The summed E-state index contributed by atoms with van der Waals surface area (Å²) in [4.78, 5) is 19.6. The molecule has 2 bridgehead atoms. The van der Waals surface area contributed by atoms with E-state index in [1.807, 2.05) is 30.0 Å². The maximum absolute atomic E-state index is 14.5. The topological polar surface area (TPSA) is 54.5 Å². The van der Waals surface area contributed by atoms with Crippen molar-refractivity contribution in [2.24, 2.45) is 0 Å². The predicted molar refractivity (Wildman–Crippen MR) is 110 cm³/mol. The van der Waals surface area contributed by atoms with Gasteiger partial charge in [0.05, 0.1) is 23.5 Å². The standard InChI is InChI=1S/C23H22FN3O2/c1-13-5-3-7-17-20(13)18(23(28)27-11-15-9-16(12-27)29-15)10-25-22(17)26-19-8-4-6-14(2)21(19)24/h3-8,10,15-16H,9,11-12H2,1-2H3,(H,25,26). The lowest BCUT2D eigenvalue weighted by molar-refractivity contribution is -0.171. The molecular weight excluding hydrogens is 369 g/mol. The van der Waals surface area contributed by atoms with Gasteiger partial charge in [-0.3, -0.25) is 4.79 Å². The monoisotopic (exact) mass is 391 g/mol. The summed E-state index contributed by atoms with van der Waals surface area (Å²) in [5, 5.41) is 4.76. The number of carbonyl (C=O) groups excluding carboxylic acids is 1. The second-order valence-electron chi connectivity index (χ2n) is 7.91. The van der Waals surface area contributed by atoms with Crippen LogP contribution in [0.2, 0.25) is 0 Å². The zero-order valence-corrected chi connectivity index (χ0v) is 16.4. The summed E-state index contributed by atoms with van der Waals surface area (Å²) < 4.78 is 20.1. The number of fused-ring (bicyclic) bond motifs is 3. The van der Waals surface area contributed by atoms with Crippen molar-refractivity contribution in [3.63, 3.8) is 0 Å². The lowest BCUT2D eigenvalue weighted by Gasteiger charge is -2.47. The minimum Gasteiger partial charge on any atom is -0.371 e. The average Bonchev–Trinajstić information content (AvgIpc) is 2.71. The van der Waals surface area contributed by atoms with E-state index in [-0.39, 0.29) is 23.9 Å². The number of halogens is 1. The molecule has 2 aromatic carbocycles. The Morgan fingerprint density at radius 2 is 1.83 bits per heavy atom. The zero-order chi connectivity index (χ0) is 20.1. The number of amides is 1. The molecule has 6 rings (SSSR count). The molecule has 3 aromatic rings. The minimum absolute atomic E-state index is 0.0249. The highest BCUT2D eigenvalue weighted by atomic mass is 19.1. The molecule has 1 amide bonds. The van der Waals surface area contributed by atoms with Gasteiger partial charge < -0.3 is 15.0 Å². The lowest BCUT2D eigenvalue weighted by Crippen LogP contribution is -2.58. The van der Waals surface area contributed by atoms with Crippen LogP contribution in [0.5, 0.6) is 0 Å². The molecule has 4 heterocycles. The van der Waals surface area contributed by atoms with Gasteiger partial charge in [-0.2, -0.15) is 0 Å². The molecule has 3 fully saturated rings. The first-order chi connectivity index (χ1) is 14.0. The summed E-state index contributed by atoms with van der Waals surface area (Å²) in [7, 11) is 0. The number of anilines is 2. The van der Waals surface area contributed by atoms with Crippen LogP contribution < -0.4 is 5.32 Å². The van der Waals surface area contributed by atoms with Crippen molar-refractivity contribution in [2.75, 3.05) is 18.4 Å². The van der Waals surface area contributed by atoms with E-state index in [4.69, 9.17) is 4.74 Å². The van der Waals surface area contributed by atoms with Crippen molar-refractivity contribution in [3.05, 3.63) is 65.1 Å². The fourth-order valence-corrected chi connectivity index (χ4v) is 4.31. The van der Waals surface area contributed by atoms with E-state index >= 15 is 0 Å². The smallest absolute Gasteiger partial charge is 0.256 e. The number of aryl methyl sites for hydroxylation is 2. The molecule has 2 atom stereocenters. The van der Waals surface area contributed by atoms with Crippen molar-refractivity contribution in [1.82, 2.24) is 9.88 Å². The van der Waals surface area contributed by atoms with Crippen LogP contribution in [-0.2, 0) is 4.74 Å². The maximum Gasteiger partial charge on any atom is 0.256 e. The van der Waals surface area contributed by atoms with E-state index in [0.29, 0.717) is 35.7 Å². The summed E-state index contributed by atoms with van der Waals surface area (Å²) >= 11 is 0. The Bertz CT molecular complexity index is 1110. The van der Waals surface area contributed by atoms with E-state index in [9.17, 15) is 9.18 Å². The molecule has 148 valence electrons. The van der Waals surface area contributed by atoms with Crippen LogP contribution in [0.15, 0.2) is 42.6 Å². The van der Waals surface area contributed by atoms with E-state index in [1.54, 1.807) is 31.3 Å². The largest absolute Gasteiger partial charge is 0.371 e. The Hall–Kier alpha value is -2.99. The predicted octanol–water partition coefficient (Wildman–Crippen LogP) is 4.35. The molecule has 3 saturated heterocycles. The molecule has 5 nitrogen and oxygen atoms in total. The van der Waals surface area contributed by atoms with Gasteiger partial charge in [-0.25, -0.2) is 9.37 Å². The van der Waals surface area contributed by atoms with E-state index in [1.165, 1.54) is 0 Å². The Morgan fingerprint density at radius 3 is 2.59 bits per heavy atom. The van der Waals surface area contributed by atoms with Gasteiger partial charge in [0.2, 0.25) is 0 Å². The molecule has 6 heteroatoms. The summed E-state index contributed by atoms with van der Waals surface area (Å²) in [6.07, 6.45) is 2.95. The molecule has 0 saturated carbocycles. The van der Waals surface area contributed by atoms with Gasteiger partial charge in [-0.05, 0) is 31.0 Å². The first kappa shape index (κ1) is 18.1. The second-order valence-corrected chi connectivity index (χ2v) is 7.91. The summed E-state index contributed by atoms with van der Waals surface area (Å²) in [5.41, 5.74) is 2.50. The van der Waals surface area contributed by atoms with Gasteiger partial charge in [0, 0.05) is 36.5 Å². The fraction of sp³-hybridized carbons (Fsp3) is 0.304. The number of pyridine rings is 1. The van der Waals surface area contributed by atoms with Gasteiger partial charge in [0.25, 0.3) is 5.91 Å². The van der Waals surface area contributed by atoms with Crippen molar-refractivity contribution in [1.29, 1.82) is 0 Å². The van der Waals surface area contributed by atoms with Crippen LogP contribution in [0.1, 0.15) is 27.9 Å². The number of morpholine rings is 1. The van der Waals surface area contributed by atoms with Crippen molar-refractivity contribution >= 4 is 28.2 Å². The number of hydrogen-bond donors (Lipinski definition) is 1. The zero-order valence-electron chi connectivity index (χ0n) is 16.4. The lowest BCUT2D eigenvalue weighted by atomic mass is 9.96. The number of nitrogens with one attached hydrogen (secondary N) is 1. The van der Waals surface area contributed by atoms with Crippen LogP contribution in [0.3, 0.4) is 0 Å². The third kappa shape index (κ3) is 3.04. The fourth-order valence-electron chi connectivity index (χ4n) is 4.31. The Labute approximate surface area is 168 Å². The van der Waals surface area contributed by atoms with E-state index in [2.05, 4.69) is 10.3 Å². The number of aromatic nitrogens is 1. The third-order valence-electron chi connectivity index (χ3n) is 5.84. The molecule has 1 aromatic heterocycles. The quantitative estimate of drug-likeness (QED) is 0.721. The van der Waals surface area contributed by atoms with Crippen LogP contribution in [0.25, 0.3) is 10.8 Å². The van der Waals surface area contributed by atoms with Crippen LogP contribution in [0.4, 0.5) is 15.9 Å². The molecular formula is C23H22FN3O2. The number of carbonyl (C=O) groups is 1. The molecule has 0 spiro atoms. The molecule has 0 aliphatic carbocycles. The van der Waals surface area contributed by atoms with Crippen LogP contribution in [-0.4, -0.2) is 41.1 Å². The van der Waals surface area contributed by atoms with Crippen molar-refractivity contribution < 1.29 is 13.9 Å². The molecule has 3 aliphatic rings. The number of nitrogens with zero attached hydrogens (tertiary/aromatic N) is 2. The SMILES string of the molecule is Cc1cccc(Nc2ncc(C(=O)N3CC4CC(C3)O4)c3c(C)cccc23)c1F. The average molecular weight is 391 g/mol. The molecule has 3 aliphatic heterocycles. The van der Waals surface area contributed by atoms with E-state index < -0.39 is 0 Å². The number of ether oxygens (including phenoxy) is 1. The number of rotatable bonds is 3. The van der Waals surface area contributed by atoms with Gasteiger partial charge in [0.1, 0.15) is 11.6 Å². The molecule has 2 unspecified atom stereocenters. The van der Waals surface area contributed by atoms with Gasteiger partial charge >= 0.3 is 0 Å². The Morgan fingerprint density at radius 1 is 1.14 bits per heavy atom. The summed E-state index contributed by atoms with van der Waals surface area (Å²) in [6, 6.07) is 11.0. The first-order valence-corrected chi connectivity index (χ1v) is 9.86. The number of hydrogen-bond acceptors (Lipinski definition) is 4.